The highest BCUT2D eigenvalue weighted by molar-refractivity contribution is 5.76. The van der Waals surface area contributed by atoms with Gasteiger partial charge in [-0.25, -0.2) is 0 Å². The van der Waals surface area contributed by atoms with Crippen molar-refractivity contribution in [2.75, 3.05) is 26.2 Å². The van der Waals surface area contributed by atoms with Gasteiger partial charge in [-0.05, 0) is 18.9 Å². The third-order valence-electron chi connectivity index (χ3n) is 4.55. The van der Waals surface area contributed by atoms with Gasteiger partial charge in [0.05, 0.1) is 19.3 Å². The summed E-state index contributed by atoms with van der Waals surface area (Å²) in [6, 6.07) is 2.35. The molecule has 2 fully saturated rings. The van der Waals surface area contributed by atoms with Gasteiger partial charge < -0.3 is 10.1 Å². The van der Waals surface area contributed by atoms with E-state index in [2.05, 4.69) is 15.3 Å². The molecule has 3 rings (SSSR count). The second kappa shape index (κ2) is 7.74. The molecule has 2 aliphatic rings. The van der Waals surface area contributed by atoms with E-state index in [9.17, 15) is 4.79 Å². The van der Waals surface area contributed by atoms with Crippen molar-refractivity contribution in [2.45, 2.75) is 50.8 Å². The summed E-state index contributed by atoms with van der Waals surface area (Å²) >= 11 is 0. The van der Waals surface area contributed by atoms with Crippen LogP contribution in [0.1, 0.15) is 32.1 Å². The lowest BCUT2D eigenvalue weighted by atomic mass is 10.2. The molecule has 6 heteroatoms. The second-order valence-corrected chi connectivity index (χ2v) is 6.32. The average Bonchev–Trinajstić information content (AvgIpc) is 3.19. The molecule has 1 saturated carbocycles. The molecule has 1 saturated heterocycles. The van der Waals surface area contributed by atoms with Crippen molar-refractivity contribution in [3.05, 3.63) is 18.5 Å². The Kier molecular flexibility index (Phi) is 5.45. The lowest BCUT2D eigenvalue weighted by Crippen LogP contribution is -2.45. The molecule has 2 heterocycles. The number of rotatable bonds is 6. The maximum absolute atomic E-state index is 12.0. The standard InChI is InChI=1S/C16H26N4O2/c21-16(18-14-4-1-2-5-14)6-9-19-10-11-22-15(12-19)13-20-8-3-7-17-20/h3,7-8,14-15H,1-2,4-6,9-13H2,(H,18,21)/t15-/m0/s1. The number of ether oxygens (including phenoxy) is 1. The largest absolute Gasteiger partial charge is 0.374 e. The van der Waals surface area contributed by atoms with E-state index in [0.717, 1.165) is 45.6 Å². The van der Waals surface area contributed by atoms with E-state index in [-0.39, 0.29) is 12.0 Å². The van der Waals surface area contributed by atoms with E-state index >= 15 is 0 Å². The van der Waals surface area contributed by atoms with Crippen molar-refractivity contribution in [1.29, 1.82) is 0 Å². The molecule has 1 aromatic rings. The molecule has 1 aliphatic carbocycles. The molecule has 1 aromatic heterocycles. The Morgan fingerprint density at radius 1 is 1.36 bits per heavy atom. The van der Waals surface area contributed by atoms with Gasteiger partial charge in [0, 0.05) is 44.5 Å². The summed E-state index contributed by atoms with van der Waals surface area (Å²) in [4.78, 5) is 14.3. The van der Waals surface area contributed by atoms with Gasteiger partial charge in [0.1, 0.15) is 0 Å². The summed E-state index contributed by atoms with van der Waals surface area (Å²) in [6.07, 6.45) is 9.29. The van der Waals surface area contributed by atoms with Crippen LogP contribution in [0.4, 0.5) is 0 Å². The van der Waals surface area contributed by atoms with Crippen molar-refractivity contribution in [3.63, 3.8) is 0 Å². The van der Waals surface area contributed by atoms with Gasteiger partial charge in [0.25, 0.3) is 0 Å². The zero-order valence-corrected chi connectivity index (χ0v) is 13.1. The van der Waals surface area contributed by atoms with Gasteiger partial charge in [-0.15, -0.1) is 0 Å². The number of hydrogen-bond acceptors (Lipinski definition) is 4. The van der Waals surface area contributed by atoms with Crippen molar-refractivity contribution < 1.29 is 9.53 Å². The molecule has 1 aliphatic heterocycles. The molecule has 0 unspecified atom stereocenters. The minimum atomic E-state index is 0.159. The first-order chi connectivity index (χ1) is 10.8. The van der Waals surface area contributed by atoms with Crippen molar-refractivity contribution in [1.82, 2.24) is 20.0 Å². The van der Waals surface area contributed by atoms with Gasteiger partial charge >= 0.3 is 0 Å². The molecule has 122 valence electrons. The van der Waals surface area contributed by atoms with Crippen LogP contribution in [0, 0.1) is 0 Å². The van der Waals surface area contributed by atoms with E-state index in [1.807, 2.05) is 16.9 Å². The summed E-state index contributed by atoms with van der Waals surface area (Å²) < 4.78 is 7.70. The Balaban J connectivity index is 1.37. The number of hydrogen-bond donors (Lipinski definition) is 1. The van der Waals surface area contributed by atoms with Crippen LogP contribution >= 0.6 is 0 Å². The fourth-order valence-corrected chi connectivity index (χ4v) is 3.34. The molecule has 0 spiro atoms. The number of carbonyl (C=O) groups excluding carboxylic acids is 1. The molecule has 1 amide bonds. The quantitative estimate of drug-likeness (QED) is 0.853. The van der Waals surface area contributed by atoms with E-state index in [4.69, 9.17) is 4.74 Å². The monoisotopic (exact) mass is 306 g/mol. The summed E-state index contributed by atoms with van der Waals surface area (Å²) in [6.45, 7) is 4.11. The van der Waals surface area contributed by atoms with E-state index in [1.165, 1.54) is 12.8 Å². The summed E-state index contributed by atoms with van der Waals surface area (Å²) in [5.74, 6) is 0.196. The molecule has 1 atom stereocenters. The fraction of sp³-hybridized carbons (Fsp3) is 0.750. The van der Waals surface area contributed by atoms with Gasteiger partial charge in [0.2, 0.25) is 5.91 Å². The zero-order valence-electron chi connectivity index (χ0n) is 13.1. The highest BCUT2D eigenvalue weighted by Gasteiger charge is 2.22. The summed E-state index contributed by atoms with van der Waals surface area (Å²) in [5, 5.41) is 7.38. The average molecular weight is 306 g/mol. The normalized spacial score (nSPS) is 23.7. The fourth-order valence-electron chi connectivity index (χ4n) is 3.34. The van der Waals surface area contributed by atoms with Gasteiger partial charge in [-0.2, -0.15) is 5.10 Å². The molecule has 0 aromatic carbocycles. The predicted molar refractivity (Wildman–Crippen MR) is 83.4 cm³/mol. The second-order valence-electron chi connectivity index (χ2n) is 6.32. The van der Waals surface area contributed by atoms with E-state index in [0.29, 0.717) is 12.5 Å². The van der Waals surface area contributed by atoms with Crippen LogP contribution < -0.4 is 5.32 Å². The summed E-state index contributed by atoms with van der Waals surface area (Å²) in [5.41, 5.74) is 0. The van der Waals surface area contributed by atoms with Crippen LogP contribution in [0.15, 0.2) is 18.5 Å². The molecule has 1 N–H and O–H groups in total. The van der Waals surface area contributed by atoms with Gasteiger partial charge in [0.15, 0.2) is 0 Å². The lowest BCUT2D eigenvalue weighted by Gasteiger charge is -2.32. The first-order valence-corrected chi connectivity index (χ1v) is 8.40. The number of amides is 1. The Morgan fingerprint density at radius 3 is 3.00 bits per heavy atom. The van der Waals surface area contributed by atoms with Gasteiger partial charge in [-0.1, -0.05) is 12.8 Å². The molecular formula is C16H26N4O2. The van der Waals surface area contributed by atoms with Crippen LogP contribution in [0.2, 0.25) is 0 Å². The van der Waals surface area contributed by atoms with Crippen LogP contribution in [0.25, 0.3) is 0 Å². The molecular weight excluding hydrogens is 280 g/mol. The smallest absolute Gasteiger partial charge is 0.221 e. The maximum atomic E-state index is 12.0. The minimum Gasteiger partial charge on any atom is -0.374 e. The highest BCUT2D eigenvalue weighted by Crippen LogP contribution is 2.17. The third kappa shape index (κ3) is 4.55. The first-order valence-electron chi connectivity index (χ1n) is 8.40. The van der Waals surface area contributed by atoms with Crippen molar-refractivity contribution in [3.8, 4) is 0 Å². The number of nitrogens with zero attached hydrogens (tertiary/aromatic N) is 3. The number of carbonyl (C=O) groups is 1. The van der Waals surface area contributed by atoms with E-state index < -0.39 is 0 Å². The molecule has 6 nitrogen and oxygen atoms in total. The maximum Gasteiger partial charge on any atom is 0.221 e. The Hall–Kier alpha value is -1.40. The molecule has 0 radical (unpaired) electrons. The third-order valence-corrected chi connectivity index (χ3v) is 4.55. The van der Waals surface area contributed by atoms with Crippen LogP contribution in [0.5, 0.6) is 0 Å². The van der Waals surface area contributed by atoms with Crippen LogP contribution in [0.3, 0.4) is 0 Å². The first kappa shape index (κ1) is 15.5. The highest BCUT2D eigenvalue weighted by atomic mass is 16.5. The SMILES string of the molecule is O=C(CCN1CCO[C@H](Cn2cccn2)C1)NC1CCCC1. The number of morpholine rings is 1. The minimum absolute atomic E-state index is 0.159. The van der Waals surface area contributed by atoms with Crippen LogP contribution in [-0.4, -0.2) is 59.0 Å². The molecule has 22 heavy (non-hydrogen) atoms. The zero-order chi connectivity index (χ0) is 15.2. The van der Waals surface area contributed by atoms with E-state index in [1.54, 1.807) is 6.20 Å². The van der Waals surface area contributed by atoms with Crippen molar-refractivity contribution in [2.24, 2.45) is 0 Å². The predicted octanol–water partition coefficient (Wildman–Crippen LogP) is 1.03. The van der Waals surface area contributed by atoms with Gasteiger partial charge in [-0.3, -0.25) is 14.4 Å². The topological polar surface area (TPSA) is 59.4 Å². The Labute approximate surface area is 131 Å². The lowest BCUT2D eigenvalue weighted by molar-refractivity contribution is -0.122. The number of aromatic nitrogens is 2. The Morgan fingerprint density at radius 2 is 2.23 bits per heavy atom. The van der Waals surface area contributed by atoms with Crippen LogP contribution in [-0.2, 0) is 16.1 Å². The van der Waals surface area contributed by atoms with Crippen molar-refractivity contribution >= 4 is 5.91 Å². The molecule has 0 bridgehead atoms. The summed E-state index contributed by atoms with van der Waals surface area (Å²) in [7, 11) is 0. The number of nitrogens with one attached hydrogen (secondary N) is 1. The Bertz CT molecular complexity index is 457.